The van der Waals surface area contributed by atoms with E-state index in [2.05, 4.69) is 4.98 Å². The molecule has 0 aliphatic heterocycles. The molecule has 0 aliphatic carbocycles. The molecule has 3 nitrogen and oxygen atoms in total. The van der Waals surface area contributed by atoms with Crippen LogP contribution in [-0.2, 0) is 6.42 Å². The molecular weight excluding hydrogens is 304 g/mol. The van der Waals surface area contributed by atoms with Gasteiger partial charge in [-0.1, -0.05) is 36.4 Å². The van der Waals surface area contributed by atoms with Crippen LogP contribution in [0.25, 0.3) is 11.3 Å². The first-order chi connectivity index (χ1) is 11.2. The molecule has 0 unspecified atom stereocenters. The van der Waals surface area contributed by atoms with Crippen LogP contribution in [0.3, 0.4) is 0 Å². The molecule has 0 saturated heterocycles. The third kappa shape index (κ3) is 3.53. The zero-order chi connectivity index (χ0) is 16.2. The third-order valence-electron chi connectivity index (χ3n) is 3.57. The number of hydrogen-bond donors (Lipinski definition) is 0. The highest BCUT2D eigenvalue weighted by molar-refractivity contribution is 7.09. The molecule has 0 radical (unpaired) electrons. The van der Waals surface area contributed by atoms with Gasteiger partial charge in [0.15, 0.2) is 5.78 Å². The van der Waals surface area contributed by atoms with Crippen LogP contribution in [-0.4, -0.2) is 10.8 Å². The lowest BCUT2D eigenvalue weighted by atomic mass is 10.0. The number of nitrogens with zero attached hydrogens (tertiary/aromatic N) is 2. The van der Waals surface area contributed by atoms with Crippen molar-refractivity contribution in [3.8, 4) is 17.3 Å². The van der Waals surface area contributed by atoms with E-state index in [0.717, 1.165) is 21.8 Å². The fourth-order valence-corrected chi connectivity index (χ4v) is 2.93. The number of aryl methyl sites for hydroxylation is 1. The SMILES string of the molecule is Cc1nc(-c2ccc(CC(=O)c3ccc(C#N)cc3)cc2)cs1. The maximum absolute atomic E-state index is 12.3. The summed E-state index contributed by atoms with van der Waals surface area (Å²) in [7, 11) is 0. The summed E-state index contributed by atoms with van der Waals surface area (Å²) in [4.78, 5) is 16.7. The molecule has 1 heterocycles. The topological polar surface area (TPSA) is 53.8 Å². The number of aromatic nitrogens is 1. The second kappa shape index (κ2) is 6.55. The molecule has 1 aromatic heterocycles. The quantitative estimate of drug-likeness (QED) is 0.669. The summed E-state index contributed by atoms with van der Waals surface area (Å²) in [5.74, 6) is 0.0479. The number of rotatable bonds is 4. The van der Waals surface area contributed by atoms with Gasteiger partial charge in [0.1, 0.15) is 0 Å². The molecule has 4 heteroatoms. The Morgan fingerprint density at radius 2 is 1.83 bits per heavy atom. The standard InChI is InChI=1S/C19H14N2OS/c1-13-21-18(12-23-13)16-6-2-14(3-7-16)10-19(22)17-8-4-15(11-20)5-9-17/h2-9,12H,10H2,1H3. The highest BCUT2D eigenvalue weighted by Gasteiger charge is 2.08. The molecule has 0 N–H and O–H groups in total. The normalized spacial score (nSPS) is 10.3. The number of ketones is 1. The number of benzene rings is 2. The first-order valence-corrected chi connectivity index (χ1v) is 8.08. The van der Waals surface area contributed by atoms with Crippen LogP contribution in [0.1, 0.15) is 26.5 Å². The molecule has 112 valence electrons. The van der Waals surface area contributed by atoms with Crippen molar-refractivity contribution < 1.29 is 4.79 Å². The minimum atomic E-state index is 0.0479. The fourth-order valence-electron chi connectivity index (χ4n) is 2.31. The van der Waals surface area contributed by atoms with Crippen molar-refractivity contribution in [3.05, 3.63) is 75.6 Å². The van der Waals surface area contributed by atoms with Crippen LogP contribution in [0.4, 0.5) is 0 Å². The maximum atomic E-state index is 12.3. The van der Waals surface area contributed by atoms with Crippen molar-refractivity contribution in [1.29, 1.82) is 5.26 Å². The summed E-state index contributed by atoms with van der Waals surface area (Å²) in [6, 6.07) is 16.7. The van der Waals surface area contributed by atoms with Crippen LogP contribution in [0.15, 0.2) is 53.9 Å². The molecular formula is C19H14N2OS. The molecule has 0 atom stereocenters. The molecule has 0 saturated carbocycles. The molecule has 0 fully saturated rings. The molecule has 0 aliphatic rings. The van der Waals surface area contributed by atoms with Gasteiger partial charge in [-0.2, -0.15) is 5.26 Å². The van der Waals surface area contributed by atoms with E-state index in [1.807, 2.05) is 42.6 Å². The Morgan fingerprint density at radius 1 is 1.13 bits per heavy atom. The lowest BCUT2D eigenvalue weighted by molar-refractivity contribution is 0.0993. The predicted octanol–water partition coefficient (Wildman–Crippen LogP) is 4.42. The van der Waals surface area contributed by atoms with E-state index >= 15 is 0 Å². The predicted molar refractivity (Wildman–Crippen MR) is 91.5 cm³/mol. The number of carbonyl (C=O) groups excluding carboxylic acids is 1. The van der Waals surface area contributed by atoms with E-state index in [0.29, 0.717) is 17.5 Å². The van der Waals surface area contributed by atoms with E-state index in [-0.39, 0.29) is 5.78 Å². The van der Waals surface area contributed by atoms with E-state index < -0.39 is 0 Å². The van der Waals surface area contributed by atoms with Gasteiger partial charge < -0.3 is 0 Å². The highest BCUT2D eigenvalue weighted by atomic mass is 32.1. The van der Waals surface area contributed by atoms with Crippen LogP contribution < -0.4 is 0 Å². The Bertz CT molecular complexity index is 871. The average molecular weight is 318 g/mol. The Morgan fingerprint density at radius 3 is 2.39 bits per heavy atom. The Balaban J connectivity index is 1.72. The van der Waals surface area contributed by atoms with Gasteiger partial charge in [-0.05, 0) is 24.6 Å². The Labute approximate surface area is 138 Å². The minimum absolute atomic E-state index is 0.0479. The molecule has 0 amide bonds. The largest absolute Gasteiger partial charge is 0.294 e. The first kappa shape index (κ1) is 15.1. The van der Waals surface area contributed by atoms with Crippen LogP contribution in [0, 0.1) is 18.3 Å². The van der Waals surface area contributed by atoms with Gasteiger partial charge in [0, 0.05) is 22.9 Å². The summed E-state index contributed by atoms with van der Waals surface area (Å²) >= 11 is 1.63. The van der Waals surface area contributed by atoms with E-state index in [9.17, 15) is 4.79 Å². The zero-order valence-electron chi connectivity index (χ0n) is 12.6. The van der Waals surface area contributed by atoms with Gasteiger partial charge >= 0.3 is 0 Å². The van der Waals surface area contributed by atoms with Crippen molar-refractivity contribution in [1.82, 2.24) is 4.98 Å². The van der Waals surface area contributed by atoms with E-state index in [1.165, 1.54) is 0 Å². The van der Waals surface area contributed by atoms with Gasteiger partial charge in [-0.3, -0.25) is 4.79 Å². The molecule has 3 aromatic rings. The summed E-state index contributed by atoms with van der Waals surface area (Å²) in [6.07, 6.45) is 0.349. The van der Waals surface area contributed by atoms with Crippen LogP contribution >= 0.6 is 11.3 Å². The monoisotopic (exact) mass is 318 g/mol. The van der Waals surface area contributed by atoms with E-state index in [4.69, 9.17) is 5.26 Å². The maximum Gasteiger partial charge on any atom is 0.167 e. The van der Waals surface area contributed by atoms with Crippen molar-refractivity contribution in [2.24, 2.45) is 0 Å². The van der Waals surface area contributed by atoms with Crippen molar-refractivity contribution in [3.63, 3.8) is 0 Å². The smallest absolute Gasteiger partial charge is 0.167 e. The zero-order valence-corrected chi connectivity index (χ0v) is 13.4. The van der Waals surface area contributed by atoms with Gasteiger partial charge in [-0.15, -0.1) is 11.3 Å². The Kier molecular flexibility index (Phi) is 4.31. The molecule has 23 heavy (non-hydrogen) atoms. The molecule has 0 spiro atoms. The average Bonchev–Trinajstić information content (AvgIpc) is 3.02. The van der Waals surface area contributed by atoms with Gasteiger partial charge in [0.2, 0.25) is 0 Å². The molecule has 3 rings (SSSR count). The number of thiazole rings is 1. The summed E-state index contributed by atoms with van der Waals surface area (Å²) in [5, 5.41) is 11.9. The van der Waals surface area contributed by atoms with Gasteiger partial charge in [-0.25, -0.2) is 4.98 Å². The fraction of sp³-hybridized carbons (Fsp3) is 0.105. The van der Waals surface area contributed by atoms with Crippen molar-refractivity contribution in [2.45, 2.75) is 13.3 Å². The number of Topliss-reactive ketones (excluding diaryl/α,β-unsaturated/α-hetero) is 1. The van der Waals surface area contributed by atoms with E-state index in [1.54, 1.807) is 35.6 Å². The van der Waals surface area contributed by atoms with Crippen molar-refractivity contribution in [2.75, 3.05) is 0 Å². The molecule has 2 aromatic carbocycles. The lowest BCUT2D eigenvalue weighted by Crippen LogP contribution is -2.03. The van der Waals surface area contributed by atoms with Crippen molar-refractivity contribution >= 4 is 17.1 Å². The first-order valence-electron chi connectivity index (χ1n) is 7.20. The van der Waals surface area contributed by atoms with Crippen LogP contribution in [0.2, 0.25) is 0 Å². The number of carbonyl (C=O) groups is 1. The Hall–Kier alpha value is -2.77. The van der Waals surface area contributed by atoms with Gasteiger partial charge in [0.05, 0.1) is 22.3 Å². The third-order valence-corrected chi connectivity index (χ3v) is 4.34. The van der Waals surface area contributed by atoms with Gasteiger partial charge in [0.25, 0.3) is 0 Å². The summed E-state index contributed by atoms with van der Waals surface area (Å²) < 4.78 is 0. The minimum Gasteiger partial charge on any atom is -0.294 e. The molecule has 0 bridgehead atoms. The van der Waals surface area contributed by atoms with Crippen LogP contribution in [0.5, 0.6) is 0 Å². The summed E-state index contributed by atoms with van der Waals surface area (Å²) in [5.41, 5.74) is 4.18. The number of hydrogen-bond acceptors (Lipinski definition) is 4. The second-order valence-corrected chi connectivity index (χ2v) is 6.30. The second-order valence-electron chi connectivity index (χ2n) is 5.24. The summed E-state index contributed by atoms with van der Waals surface area (Å²) in [6.45, 7) is 1.98. The number of nitriles is 1. The highest BCUT2D eigenvalue weighted by Crippen LogP contribution is 2.22. The lowest BCUT2D eigenvalue weighted by Gasteiger charge is -2.03.